The van der Waals surface area contributed by atoms with E-state index in [4.69, 9.17) is 0 Å². The summed E-state index contributed by atoms with van der Waals surface area (Å²) in [5, 5.41) is 34.6. The van der Waals surface area contributed by atoms with Crippen molar-refractivity contribution in [2.45, 2.75) is 0 Å². The molecule has 0 amide bonds. The maximum atomic E-state index is 11.9. The maximum Gasteiger partial charge on any atom is 0.378 e. The molecule has 8 bridgehead atoms. The quantitative estimate of drug-likeness (QED) is 0.320. The molecule has 2 aliphatic rings. The minimum atomic E-state index is -1.01. The van der Waals surface area contributed by atoms with Crippen LogP contribution in [-0.2, 0) is 0 Å². The summed E-state index contributed by atoms with van der Waals surface area (Å²) in [5.41, 5.74) is -0.412. The lowest BCUT2D eigenvalue weighted by Crippen LogP contribution is -2.08. The standard InChI is InChI=1S/C20H11N7O6/c28-25(29)19-17-9-15-5-3-13(22-15)7-11-1-2-12(21-11)8-14-4-6-16(23-14)10-18(20(19)26(30)31)24(17)27(32)33/h1-10,22H. The fourth-order valence-electron chi connectivity index (χ4n) is 3.67. The number of H-pyrrole nitrogens is 1. The fourth-order valence-corrected chi connectivity index (χ4v) is 3.67. The van der Waals surface area contributed by atoms with Crippen LogP contribution in [0.2, 0.25) is 0 Å². The lowest BCUT2D eigenvalue weighted by molar-refractivity contribution is -0.534. The van der Waals surface area contributed by atoms with Crippen molar-refractivity contribution in [2.75, 3.05) is 0 Å². The van der Waals surface area contributed by atoms with Gasteiger partial charge in [0.05, 0.1) is 32.6 Å². The lowest BCUT2D eigenvalue weighted by Gasteiger charge is -1.92. The van der Waals surface area contributed by atoms with E-state index < -0.39 is 37.3 Å². The smallest absolute Gasteiger partial charge is 0.355 e. The van der Waals surface area contributed by atoms with Gasteiger partial charge in [-0.2, -0.15) is 0 Å². The molecule has 0 spiro atoms. The van der Waals surface area contributed by atoms with Gasteiger partial charge in [-0.1, -0.05) is 0 Å². The predicted molar refractivity (Wildman–Crippen MR) is 118 cm³/mol. The molecule has 0 saturated carbocycles. The Kier molecular flexibility index (Phi) is 4.30. The van der Waals surface area contributed by atoms with Crippen molar-refractivity contribution in [1.82, 2.24) is 19.6 Å². The van der Waals surface area contributed by atoms with Crippen LogP contribution in [0.25, 0.3) is 46.4 Å². The van der Waals surface area contributed by atoms with Crippen molar-refractivity contribution in [3.05, 3.63) is 89.5 Å². The van der Waals surface area contributed by atoms with Gasteiger partial charge in [-0.25, -0.2) is 20.1 Å². The highest BCUT2D eigenvalue weighted by molar-refractivity contribution is 5.91. The number of rotatable bonds is 3. The number of nitro groups is 3. The van der Waals surface area contributed by atoms with E-state index in [1.165, 1.54) is 6.08 Å². The van der Waals surface area contributed by atoms with Crippen LogP contribution in [0.4, 0.5) is 11.4 Å². The molecule has 2 aliphatic heterocycles. The largest absolute Gasteiger partial charge is 0.378 e. The number of aromatic nitrogens is 4. The normalized spacial score (nSPS) is 12.1. The average molecular weight is 445 g/mol. The summed E-state index contributed by atoms with van der Waals surface area (Å²) in [4.78, 5) is 45.2. The van der Waals surface area contributed by atoms with Crippen molar-refractivity contribution in [3.63, 3.8) is 0 Å². The zero-order valence-corrected chi connectivity index (χ0v) is 16.4. The summed E-state index contributed by atoms with van der Waals surface area (Å²) < 4.78 is 0.328. The summed E-state index contributed by atoms with van der Waals surface area (Å²) in [5.74, 6) is 0. The number of aromatic amines is 1. The summed E-state index contributed by atoms with van der Waals surface area (Å²) in [7, 11) is 0. The Labute approximate surface area is 182 Å². The first-order valence-corrected chi connectivity index (χ1v) is 9.38. The monoisotopic (exact) mass is 445 g/mol. The van der Waals surface area contributed by atoms with E-state index in [-0.39, 0.29) is 11.2 Å². The van der Waals surface area contributed by atoms with Gasteiger partial charge < -0.3 is 4.98 Å². The first-order chi connectivity index (χ1) is 15.8. The van der Waals surface area contributed by atoms with Gasteiger partial charge >= 0.3 is 11.4 Å². The van der Waals surface area contributed by atoms with Crippen LogP contribution in [0.15, 0.2) is 36.4 Å². The molecule has 3 aromatic rings. The van der Waals surface area contributed by atoms with Crippen LogP contribution in [-0.4, -0.2) is 34.5 Å². The highest BCUT2D eigenvalue weighted by Crippen LogP contribution is 2.39. The van der Waals surface area contributed by atoms with Crippen LogP contribution < -0.4 is 0 Å². The molecule has 0 atom stereocenters. The second-order valence-electron chi connectivity index (χ2n) is 7.07. The van der Waals surface area contributed by atoms with Crippen molar-refractivity contribution in [2.24, 2.45) is 0 Å². The van der Waals surface area contributed by atoms with E-state index in [0.29, 0.717) is 27.3 Å². The molecule has 3 aromatic heterocycles. The Hall–Kier alpha value is -5.20. The summed E-state index contributed by atoms with van der Waals surface area (Å²) in [6.07, 6.45) is 6.68. The fraction of sp³-hybridized carbons (Fsp3) is 0. The van der Waals surface area contributed by atoms with E-state index in [2.05, 4.69) is 15.0 Å². The number of hydrogen-bond donors (Lipinski definition) is 1. The molecule has 5 rings (SSSR count). The average Bonchev–Trinajstić information content (AvgIpc) is 3.50. The molecule has 1 N–H and O–H groups in total. The van der Waals surface area contributed by atoms with E-state index in [1.54, 1.807) is 42.5 Å². The Morgan fingerprint density at radius 1 is 0.667 bits per heavy atom. The Morgan fingerprint density at radius 2 is 1.12 bits per heavy atom. The van der Waals surface area contributed by atoms with Crippen LogP contribution in [0.1, 0.15) is 22.8 Å². The molecule has 0 radical (unpaired) electrons. The van der Waals surface area contributed by atoms with E-state index in [1.807, 2.05) is 0 Å². The second kappa shape index (κ2) is 7.19. The van der Waals surface area contributed by atoms with Crippen molar-refractivity contribution >= 4 is 57.7 Å². The van der Waals surface area contributed by atoms with E-state index in [9.17, 15) is 30.3 Å². The van der Waals surface area contributed by atoms with Gasteiger partial charge in [0, 0.05) is 17.1 Å². The predicted octanol–water partition coefficient (Wildman–Crippen LogP) is 3.99. The Balaban J connectivity index is 2.04. The third kappa shape index (κ3) is 3.38. The molecule has 162 valence electrons. The minimum Gasteiger partial charge on any atom is -0.355 e. The van der Waals surface area contributed by atoms with Gasteiger partial charge in [-0.15, -0.1) is 0 Å². The molecule has 13 heteroatoms. The highest BCUT2D eigenvalue weighted by atomic mass is 16.7. The SMILES string of the molecule is O=[N+]([O-])c1c([N+](=O)[O-])c2cc3ccc(cc4nc(cc5nc(cc1n2[N+](=O)[O-])C=C5)C=C4)[nH]3. The number of nitrogens with zero attached hydrogens (tertiary/aromatic N) is 6. The summed E-state index contributed by atoms with van der Waals surface area (Å²) in [6, 6.07) is 8.78. The molecule has 0 aromatic carbocycles. The van der Waals surface area contributed by atoms with Gasteiger partial charge in [0.15, 0.2) is 16.1 Å². The first kappa shape index (κ1) is 19.7. The Bertz CT molecular complexity index is 1610. The highest BCUT2D eigenvalue weighted by Gasteiger charge is 2.39. The Morgan fingerprint density at radius 3 is 1.64 bits per heavy atom. The van der Waals surface area contributed by atoms with Crippen molar-refractivity contribution in [3.8, 4) is 0 Å². The minimum absolute atomic E-state index is 0.152. The van der Waals surface area contributed by atoms with Crippen LogP contribution in [0.3, 0.4) is 0 Å². The molecule has 0 aliphatic carbocycles. The molecule has 0 fully saturated rings. The van der Waals surface area contributed by atoms with Crippen molar-refractivity contribution in [1.29, 1.82) is 0 Å². The van der Waals surface area contributed by atoms with Gasteiger partial charge in [0.2, 0.25) is 0 Å². The third-order valence-corrected chi connectivity index (χ3v) is 4.97. The number of hydrogen-bond acceptors (Lipinski definition) is 8. The topological polar surface area (TPSA) is 176 Å². The van der Waals surface area contributed by atoms with Crippen LogP contribution in [0.5, 0.6) is 0 Å². The van der Waals surface area contributed by atoms with Crippen LogP contribution in [0, 0.1) is 30.3 Å². The number of fused-ring (bicyclic) bond motifs is 8. The molecule has 13 nitrogen and oxygen atoms in total. The third-order valence-electron chi connectivity index (χ3n) is 4.97. The van der Waals surface area contributed by atoms with Gasteiger partial charge in [0.1, 0.15) is 0 Å². The van der Waals surface area contributed by atoms with E-state index >= 15 is 0 Å². The number of nitrogens with one attached hydrogen (secondary N) is 1. The molecular weight excluding hydrogens is 434 g/mol. The summed E-state index contributed by atoms with van der Waals surface area (Å²) >= 11 is 0. The lowest BCUT2D eigenvalue weighted by atomic mass is 10.3. The molecule has 0 saturated heterocycles. The van der Waals surface area contributed by atoms with Gasteiger partial charge in [-0.3, -0.25) is 20.2 Å². The van der Waals surface area contributed by atoms with Gasteiger partial charge in [-0.05, 0) is 59.3 Å². The molecule has 33 heavy (non-hydrogen) atoms. The first-order valence-electron chi connectivity index (χ1n) is 9.38. The molecular formula is C20H11N7O6. The zero-order valence-electron chi connectivity index (χ0n) is 16.4. The van der Waals surface area contributed by atoms with Crippen LogP contribution >= 0.6 is 0 Å². The second-order valence-corrected chi connectivity index (χ2v) is 7.07. The van der Waals surface area contributed by atoms with Gasteiger partial charge in [0.25, 0.3) is 0 Å². The molecule has 5 heterocycles. The summed E-state index contributed by atoms with van der Waals surface area (Å²) in [6.45, 7) is 0. The zero-order chi connectivity index (χ0) is 23.3. The van der Waals surface area contributed by atoms with E-state index in [0.717, 1.165) is 12.1 Å². The van der Waals surface area contributed by atoms with Crippen molar-refractivity contribution < 1.29 is 14.9 Å². The maximum absolute atomic E-state index is 11.9. The molecule has 0 unspecified atom stereocenters.